The molecule has 0 saturated carbocycles. The number of aromatic nitrogens is 2. The SMILES string of the molecule is C=C(/C=C\C(C)=C/C)C1=NN(CC(=O)N2CCN(c3cc(OC)ncn3)CC2)C(c2ccccc2)C1. The average molecular weight is 487 g/mol. The molecule has 1 atom stereocenters. The summed E-state index contributed by atoms with van der Waals surface area (Å²) < 4.78 is 5.21. The van der Waals surface area contributed by atoms with Gasteiger partial charge in [-0.2, -0.15) is 5.10 Å². The smallest absolute Gasteiger partial charge is 0.244 e. The van der Waals surface area contributed by atoms with E-state index in [1.807, 2.05) is 53.3 Å². The van der Waals surface area contributed by atoms with Crippen molar-refractivity contribution in [2.75, 3.05) is 44.7 Å². The predicted octanol–water partition coefficient (Wildman–Crippen LogP) is 4.02. The van der Waals surface area contributed by atoms with Crippen LogP contribution in [0.15, 0.2) is 83.8 Å². The first-order valence-corrected chi connectivity index (χ1v) is 12.3. The van der Waals surface area contributed by atoms with E-state index in [-0.39, 0.29) is 18.5 Å². The Kier molecular flexibility index (Phi) is 8.15. The third kappa shape index (κ3) is 6.00. The minimum atomic E-state index is 0.00730. The minimum absolute atomic E-state index is 0.00730. The average Bonchev–Trinajstić information content (AvgIpc) is 3.35. The Morgan fingerprint density at radius 1 is 1.14 bits per heavy atom. The highest BCUT2D eigenvalue weighted by molar-refractivity contribution is 6.03. The van der Waals surface area contributed by atoms with E-state index >= 15 is 0 Å². The van der Waals surface area contributed by atoms with Gasteiger partial charge >= 0.3 is 0 Å². The van der Waals surface area contributed by atoms with Crippen LogP contribution in [0.3, 0.4) is 0 Å². The molecular weight excluding hydrogens is 452 g/mol. The Hall–Kier alpha value is -3.94. The summed E-state index contributed by atoms with van der Waals surface area (Å²) in [4.78, 5) is 25.8. The quantitative estimate of drug-likeness (QED) is 0.525. The van der Waals surface area contributed by atoms with Gasteiger partial charge in [-0.25, -0.2) is 9.97 Å². The molecule has 1 aromatic carbocycles. The van der Waals surface area contributed by atoms with Gasteiger partial charge in [0.15, 0.2) is 0 Å². The maximum Gasteiger partial charge on any atom is 0.244 e. The van der Waals surface area contributed by atoms with Gasteiger partial charge < -0.3 is 14.5 Å². The van der Waals surface area contributed by atoms with Crippen LogP contribution in [0, 0.1) is 0 Å². The largest absolute Gasteiger partial charge is 0.481 e. The number of rotatable bonds is 8. The topological polar surface area (TPSA) is 74.2 Å². The van der Waals surface area contributed by atoms with Crippen LogP contribution < -0.4 is 9.64 Å². The van der Waals surface area contributed by atoms with E-state index in [2.05, 4.69) is 46.6 Å². The fourth-order valence-electron chi connectivity index (χ4n) is 4.32. The number of amides is 1. The van der Waals surface area contributed by atoms with E-state index in [1.54, 1.807) is 7.11 Å². The van der Waals surface area contributed by atoms with Crippen molar-refractivity contribution in [1.29, 1.82) is 0 Å². The summed E-state index contributed by atoms with van der Waals surface area (Å²) in [7, 11) is 1.59. The second-order valence-corrected chi connectivity index (χ2v) is 8.95. The van der Waals surface area contributed by atoms with Gasteiger partial charge in [0.1, 0.15) is 18.7 Å². The molecule has 8 nitrogen and oxygen atoms in total. The number of ether oxygens (including phenoxy) is 1. The number of nitrogens with zero attached hydrogens (tertiary/aromatic N) is 6. The second kappa shape index (κ2) is 11.7. The van der Waals surface area contributed by atoms with E-state index in [0.717, 1.165) is 29.1 Å². The third-order valence-corrected chi connectivity index (χ3v) is 6.64. The van der Waals surface area contributed by atoms with Crippen molar-refractivity contribution in [1.82, 2.24) is 19.9 Å². The standard InChI is InChI=1S/C28H34N6O2/c1-5-21(2)11-12-22(3)24-17-25(23-9-7-6-8-10-23)34(31-24)19-28(35)33-15-13-32(14-16-33)26-18-27(36-4)30-20-29-26/h5-12,18,20,25H,3,13-17,19H2,1-2,4H3/b12-11-,21-5-. The van der Waals surface area contributed by atoms with Gasteiger partial charge in [-0.05, 0) is 25.0 Å². The van der Waals surface area contributed by atoms with Crippen LogP contribution in [0.25, 0.3) is 0 Å². The fraction of sp³-hybridized carbons (Fsp3) is 0.357. The van der Waals surface area contributed by atoms with Gasteiger partial charge in [0.25, 0.3) is 0 Å². The Morgan fingerprint density at radius 2 is 1.89 bits per heavy atom. The zero-order valence-electron chi connectivity index (χ0n) is 21.3. The monoisotopic (exact) mass is 486 g/mol. The van der Waals surface area contributed by atoms with Gasteiger partial charge in [0.2, 0.25) is 11.8 Å². The molecule has 1 unspecified atom stereocenters. The highest BCUT2D eigenvalue weighted by Crippen LogP contribution is 2.32. The summed E-state index contributed by atoms with van der Waals surface area (Å²) in [5.74, 6) is 1.42. The lowest BCUT2D eigenvalue weighted by atomic mass is 9.98. The number of hydrogen-bond acceptors (Lipinski definition) is 7. The number of carbonyl (C=O) groups excluding carboxylic acids is 1. The first-order valence-electron chi connectivity index (χ1n) is 12.3. The molecule has 0 radical (unpaired) electrons. The number of hydrazone groups is 1. The van der Waals surface area contributed by atoms with Crippen molar-refractivity contribution in [3.8, 4) is 5.88 Å². The molecule has 0 aliphatic carbocycles. The number of hydrogen-bond donors (Lipinski definition) is 0. The molecule has 2 aromatic rings. The van der Waals surface area contributed by atoms with E-state index in [4.69, 9.17) is 9.84 Å². The molecule has 2 aliphatic rings. The van der Waals surface area contributed by atoms with E-state index in [1.165, 1.54) is 11.9 Å². The number of carbonyl (C=O) groups is 1. The summed E-state index contributed by atoms with van der Waals surface area (Å²) in [5, 5.41) is 6.78. The lowest BCUT2D eigenvalue weighted by Gasteiger charge is -2.36. The highest BCUT2D eigenvalue weighted by Gasteiger charge is 2.32. The van der Waals surface area contributed by atoms with Gasteiger partial charge in [-0.3, -0.25) is 9.80 Å². The van der Waals surface area contributed by atoms with Crippen LogP contribution in [0.1, 0.15) is 31.9 Å². The van der Waals surface area contributed by atoms with E-state index < -0.39 is 0 Å². The Labute approximate surface area is 213 Å². The lowest BCUT2D eigenvalue weighted by molar-refractivity contribution is -0.133. The maximum atomic E-state index is 13.3. The maximum absolute atomic E-state index is 13.3. The first-order chi connectivity index (χ1) is 17.5. The molecule has 36 heavy (non-hydrogen) atoms. The van der Waals surface area contributed by atoms with E-state index in [9.17, 15) is 4.79 Å². The van der Waals surface area contributed by atoms with Crippen molar-refractivity contribution in [2.24, 2.45) is 5.10 Å². The summed E-state index contributed by atoms with van der Waals surface area (Å²) in [6.45, 7) is 11.2. The number of allylic oxidation sites excluding steroid dienone is 5. The highest BCUT2D eigenvalue weighted by atomic mass is 16.5. The number of methoxy groups -OCH3 is 1. The van der Waals surface area contributed by atoms with Gasteiger partial charge in [0.05, 0.1) is 18.9 Å². The minimum Gasteiger partial charge on any atom is -0.481 e. The zero-order chi connectivity index (χ0) is 25.5. The molecule has 1 fully saturated rings. The predicted molar refractivity (Wildman–Crippen MR) is 143 cm³/mol. The van der Waals surface area contributed by atoms with Crippen molar-refractivity contribution in [3.63, 3.8) is 0 Å². The van der Waals surface area contributed by atoms with Crippen LogP contribution in [-0.4, -0.2) is 71.3 Å². The number of anilines is 1. The zero-order valence-corrected chi connectivity index (χ0v) is 21.3. The molecule has 8 heteroatoms. The van der Waals surface area contributed by atoms with Crippen molar-refractivity contribution in [3.05, 3.63) is 84.2 Å². The molecule has 0 spiro atoms. The summed E-state index contributed by atoms with van der Waals surface area (Å²) in [5.41, 5.74) is 4.11. The second-order valence-electron chi connectivity index (χ2n) is 8.95. The van der Waals surface area contributed by atoms with E-state index in [0.29, 0.717) is 32.1 Å². The van der Waals surface area contributed by atoms with Crippen LogP contribution in [0.4, 0.5) is 5.82 Å². The Bertz CT molecular complexity index is 1170. The van der Waals surface area contributed by atoms with Crippen LogP contribution >= 0.6 is 0 Å². The molecule has 0 bridgehead atoms. The number of piperazine rings is 1. The molecule has 1 amide bonds. The lowest BCUT2D eigenvalue weighted by Crippen LogP contribution is -2.51. The third-order valence-electron chi connectivity index (χ3n) is 6.64. The molecule has 1 saturated heterocycles. The molecule has 4 rings (SSSR count). The van der Waals surface area contributed by atoms with Gasteiger partial charge in [-0.15, -0.1) is 0 Å². The normalized spacial score (nSPS) is 18.5. The first kappa shape index (κ1) is 25.2. The van der Waals surface area contributed by atoms with Crippen molar-refractivity contribution in [2.45, 2.75) is 26.3 Å². The van der Waals surface area contributed by atoms with Crippen molar-refractivity contribution >= 4 is 17.4 Å². The Morgan fingerprint density at radius 3 is 2.58 bits per heavy atom. The summed E-state index contributed by atoms with van der Waals surface area (Å²) in [6.07, 6.45) is 8.32. The fourth-order valence-corrected chi connectivity index (χ4v) is 4.32. The van der Waals surface area contributed by atoms with Crippen LogP contribution in [0.2, 0.25) is 0 Å². The molecular formula is C28H34N6O2. The molecule has 1 aromatic heterocycles. The number of benzene rings is 1. The van der Waals surface area contributed by atoms with Gasteiger partial charge in [0, 0.05) is 38.7 Å². The summed E-state index contributed by atoms with van der Waals surface area (Å²) >= 11 is 0. The summed E-state index contributed by atoms with van der Waals surface area (Å²) in [6, 6.07) is 12.1. The molecule has 2 aliphatic heterocycles. The van der Waals surface area contributed by atoms with Crippen molar-refractivity contribution < 1.29 is 9.53 Å². The molecule has 0 N–H and O–H groups in total. The Balaban J connectivity index is 1.43. The van der Waals surface area contributed by atoms with Crippen LogP contribution in [0.5, 0.6) is 5.88 Å². The van der Waals surface area contributed by atoms with Gasteiger partial charge in [-0.1, -0.05) is 60.7 Å². The van der Waals surface area contributed by atoms with Crippen LogP contribution in [-0.2, 0) is 4.79 Å². The molecule has 188 valence electrons. The molecule has 3 heterocycles.